The van der Waals surface area contributed by atoms with E-state index in [0.717, 1.165) is 19.4 Å². The van der Waals surface area contributed by atoms with Gasteiger partial charge in [0.2, 0.25) is 15.9 Å². The average molecular weight is 333 g/mol. The standard InChI is InChI=1S/C13H17ClN2O4S/c14-11-5-4-10(21(15,18)19)8-12(11)16-13(17)6-3-9-2-1-7-20-9/h4-5,8-9H,1-3,6-7H2,(H,16,17)(H2,15,18,19). The Kier molecular flexibility index (Phi) is 5.21. The maximum Gasteiger partial charge on any atom is 0.238 e. The van der Waals surface area contributed by atoms with E-state index in [4.69, 9.17) is 21.5 Å². The number of carbonyl (C=O) groups excluding carboxylic acids is 1. The molecule has 1 saturated heterocycles. The molecule has 1 heterocycles. The van der Waals surface area contributed by atoms with Crippen molar-refractivity contribution in [2.24, 2.45) is 5.14 Å². The molecule has 1 aliphatic heterocycles. The van der Waals surface area contributed by atoms with Gasteiger partial charge in [-0.1, -0.05) is 11.6 Å². The molecule has 0 aromatic heterocycles. The van der Waals surface area contributed by atoms with Gasteiger partial charge in [0.05, 0.1) is 21.7 Å². The van der Waals surface area contributed by atoms with Crippen LogP contribution in [0.4, 0.5) is 5.69 Å². The van der Waals surface area contributed by atoms with Crippen molar-refractivity contribution in [1.82, 2.24) is 0 Å². The third-order valence-electron chi connectivity index (χ3n) is 3.26. The summed E-state index contributed by atoms with van der Waals surface area (Å²) in [4.78, 5) is 11.8. The summed E-state index contributed by atoms with van der Waals surface area (Å²) in [6, 6.07) is 3.93. The molecule has 1 fully saturated rings. The summed E-state index contributed by atoms with van der Waals surface area (Å²) in [5.74, 6) is -0.237. The minimum atomic E-state index is -3.83. The molecule has 2 rings (SSSR count). The molecule has 0 saturated carbocycles. The summed E-state index contributed by atoms with van der Waals surface area (Å²) < 4.78 is 28.0. The fourth-order valence-electron chi connectivity index (χ4n) is 2.15. The lowest BCUT2D eigenvalue weighted by Crippen LogP contribution is -2.16. The minimum Gasteiger partial charge on any atom is -0.378 e. The van der Waals surface area contributed by atoms with Crippen LogP contribution in [0, 0.1) is 0 Å². The van der Waals surface area contributed by atoms with Gasteiger partial charge >= 0.3 is 0 Å². The van der Waals surface area contributed by atoms with Crippen molar-refractivity contribution in [3.05, 3.63) is 23.2 Å². The third-order valence-corrected chi connectivity index (χ3v) is 4.50. The average Bonchev–Trinajstić information content (AvgIpc) is 2.91. The van der Waals surface area contributed by atoms with Crippen LogP contribution in [-0.2, 0) is 19.6 Å². The number of anilines is 1. The molecule has 3 N–H and O–H groups in total. The predicted molar refractivity (Wildman–Crippen MR) is 79.7 cm³/mol. The Balaban J connectivity index is 1.99. The number of halogens is 1. The van der Waals surface area contributed by atoms with Crippen LogP contribution in [0.15, 0.2) is 23.1 Å². The zero-order valence-corrected chi connectivity index (χ0v) is 12.9. The van der Waals surface area contributed by atoms with E-state index in [1.54, 1.807) is 0 Å². The Morgan fingerprint density at radius 2 is 2.24 bits per heavy atom. The van der Waals surface area contributed by atoms with Gasteiger partial charge in [-0.3, -0.25) is 4.79 Å². The fourth-order valence-corrected chi connectivity index (χ4v) is 2.86. The van der Waals surface area contributed by atoms with Crippen LogP contribution in [0.25, 0.3) is 0 Å². The molecule has 0 radical (unpaired) electrons. The molecule has 0 spiro atoms. The van der Waals surface area contributed by atoms with Gasteiger partial charge in [-0.15, -0.1) is 0 Å². The lowest BCUT2D eigenvalue weighted by atomic mass is 10.1. The second kappa shape index (κ2) is 6.74. The lowest BCUT2D eigenvalue weighted by Gasteiger charge is -2.11. The monoisotopic (exact) mass is 332 g/mol. The fraction of sp³-hybridized carbons (Fsp3) is 0.462. The largest absolute Gasteiger partial charge is 0.378 e. The maximum atomic E-state index is 11.9. The highest BCUT2D eigenvalue weighted by molar-refractivity contribution is 7.89. The van der Waals surface area contributed by atoms with Gasteiger partial charge in [0, 0.05) is 13.0 Å². The van der Waals surface area contributed by atoms with E-state index in [1.165, 1.54) is 18.2 Å². The van der Waals surface area contributed by atoms with Crippen molar-refractivity contribution in [3.8, 4) is 0 Å². The number of benzene rings is 1. The first kappa shape index (κ1) is 16.2. The Labute approximate surface area is 128 Å². The molecule has 1 aromatic carbocycles. The van der Waals surface area contributed by atoms with Crippen LogP contribution < -0.4 is 10.5 Å². The van der Waals surface area contributed by atoms with E-state index in [-0.39, 0.29) is 27.6 Å². The first-order valence-electron chi connectivity index (χ1n) is 6.60. The number of nitrogens with two attached hydrogens (primary N) is 1. The molecule has 1 amide bonds. The number of rotatable bonds is 5. The first-order valence-corrected chi connectivity index (χ1v) is 8.52. The summed E-state index contributed by atoms with van der Waals surface area (Å²) in [6.45, 7) is 0.745. The normalized spacial score (nSPS) is 18.7. The summed E-state index contributed by atoms with van der Waals surface area (Å²) in [5.41, 5.74) is 0.237. The molecule has 21 heavy (non-hydrogen) atoms. The Hall–Kier alpha value is -1.15. The maximum absolute atomic E-state index is 11.9. The number of sulfonamides is 1. The Morgan fingerprint density at radius 3 is 2.86 bits per heavy atom. The number of nitrogens with one attached hydrogen (secondary N) is 1. The molecule has 1 atom stereocenters. The van der Waals surface area contributed by atoms with Gasteiger partial charge in [0.15, 0.2) is 0 Å². The van der Waals surface area contributed by atoms with Crippen LogP contribution in [0.5, 0.6) is 0 Å². The van der Waals surface area contributed by atoms with Crippen LogP contribution >= 0.6 is 11.6 Å². The quantitative estimate of drug-likeness (QED) is 0.860. The topological polar surface area (TPSA) is 98.5 Å². The highest BCUT2D eigenvalue weighted by Crippen LogP contribution is 2.25. The van der Waals surface area contributed by atoms with Gasteiger partial charge in [0.1, 0.15) is 0 Å². The number of primary sulfonamides is 1. The van der Waals surface area contributed by atoms with Crippen LogP contribution in [0.1, 0.15) is 25.7 Å². The second-order valence-electron chi connectivity index (χ2n) is 4.91. The number of ether oxygens (including phenoxy) is 1. The van der Waals surface area contributed by atoms with Gasteiger partial charge < -0.3 is 10.1 Å². The second-order valence-corrected chi connectivity index (χ2v) is 6.88. The Morgan fingerprint density at radius 1 is 1.48 bits per heavy atom. The summed E-state index contributed by atoms with van der Waals surface area (Å²) in [6.07, 6.45) is 3.05. The molecule has 0 bridgehead atoms. The predicted octanol–water partition coefficient (Wildman–Crippen LogP) is 1.89. The molecule has 1 aromatic rings. The zero-order valence-electron chi connectivity index (χ0n) is 11.3. The van der Waals surface area contributed by atoms with E-state index in [1.807, 2.05) is 0 Å². The number of hydrogen-bond donors (Lipinski definition) is 2. The van der Waals surface area contributed by atoms with Crippen LogP contribution in [0.3, 0.4) is 0 Å². The van der Waals surface area contributed by atoms with Crippen molar-refractivity contribution >= 4 is 33.2 Å². The van der Waals surface area contributed by atoms with Crippen LogP contribution in [0.2, 0.25) is 5.02 Å². The SMILES string of the molecule is NS(=O)(=O)c1ccc(Cl)c(NC(=O)CCC2CCCO2)c1. The van der Waals surface area contributed by atoms with E-state index in [2.05, 4.69) is 5.32 Å². The van der Waals surface area contributed by atoms with Crippen LogP contribution in [-0.4, -0.2) is 27.0 Å². The summed E-state index contributed by atoms with van der Waals surface area (Å²) in [7, 11) is -3.83. The molecule has 0 aliphatic carbocycles. The van der Waals surface area contributed by atoms with Crippen molar-refractivity contribution in [2.75, 3.05) is 11.9 Å². The van der Waals surface area contributed by atoms with E-state index >= 15 is 0 Å². The van der Waals surface area contributed by atoms with Crippen molar-refractivity contribution in [2.45, 2.75) is 36.7 Å². The van der Waals surface area contributed by atoms with Gasteiger partial charge in [0.25, 0.3) is 0 Å². The number of amides is 1. The van der Waals surface area contributed by atoms with E-state index in [0.29, 0.717) is 12.8 Å². The molecule has 8 heteroatoms. The Bertz CT molecular complexity index is 627. The van der Waals surface area contributed by atoms with Gasteiger partial charge in [-0.05, 0) is 37.5 Å². The van der Waals surface area contributed by atoms with Crippen molar-refractivity contribution in [1.29, 1.82) is 0 Å². The van der Waals surface area contributed by atoms with Gasteiger partial charge in [-0.2, -0.15) is 0 Å². The molecule has 1 aliphatic rings. The van der Waals surface area contributed by atoms with Crippen molar-refractivity contribution in [3.63, 3.8) is 0 Å². The van der Waals surface area contributed by atoms with E-state index < -0.39 is 10.0 Å². The number of hydrogen-bond acceptors (Lipinski definition) is 4. The van der Waals surface area contributed by atoms with Crippen molar-refractivity contribution < 1.29 is 17.9 Å². The molecular weight excluding hydrogens is 316 g/mol. The summed E-state index contributed by atoms with van der Waals surface area (Å²) in [5, 5.41) is 7.91. The van der Waals surface area contributed by atoms with Gasteiger partial charge in [-0.25, -0.2) is 13.6 Å². The first-order chi connectivity index (χ1) is 9.86. The molecule has 116 valence electrons. The number of carbonyl (C=O) groups is 1. The smallest absolute Gasteiger partial charge is 0.238 e. The highest BCUT2D eigenvalue weighted by atomic mass is 35.5. The third kappa shape index (κ3) is 4.67. The lowest BCUT2D eigenvalue weighted by molar-refractivity contribution is -0.116. The molecular formula is C13H17ClN2O4S. The minimum absolute atomic E-state index is 0.0960. The molecule has 1 unspecified atom stereocenters. The molecule has 6 nitrogen and oxygen atoms in total. The zero-order chi connectivity index (χ0) is 15.5. The van der Waals surface area contributed by atoms with E-state index in [9.17, 15) is 13.2 Å². The highest BCUT2D eigenvalue weighted by Gasteiger charge is 2.17. The summed E-state index contributed by atoms with van der Waals surface area (Å²) >= 11 is 5.94.